The van der Waals surface area contributed by atoms with E-state index < -0.39 is 5.97 Å². The summed E-state index contributed by atoms with van der Waals surface area (Å²) >= 11 is 0. The third-order valence-electron chi connectivity index (χ3n) is 10.5. The zero-order valence-electron chi connectivity index (χ0n) is 18.7. The van der Waals surface area contributed by atoms with E-state index in [0.29, 0.717) is 41.8 Å². The van der Waals surface area contributed by atoms with Gasteiger partial charge in [-0.05, 0) is 84.9 Å². The van der Waals surface area contributed by atoms with Gasteiger partial charge in [-0.15, -0.1) is 0 Å². The van der Waals surface area contributed by atoms with Gasteiger partial charge in [0.2, 0.25) is 0 Å². The fourth-order valence-electron chi connectivity index (χ4n) is 9.17. The van der Waals surface area contributed by atoms with Gasteiger partial charge in [0, 0.05) is 18.8 Å². The van der Waals surface area contributed by atoms with Gasteiger partial charge in [0.25, 0.3) is 0 Å². The molecular weight excluding hydrogens is 364 g/mol. The molecule has 29 heavy (non-hydrogen) atoms. The molecule has 0 aromatic carbocycles. The Bertz CT molecular complexity index is 674. The van der Waals surface area contributed by atoms with Gasteiger partial charge in [0.1, 0.15) is 5.78 Å². The predicted octanol–water partition coefficient (Wildman–Crippen LogP) is 4.93. The van der Waals surface area contributed by atoms with Crippen LogP contribution in [-0.4, -0.2) is 28.1 Å². The monoisotopic (exact) mass is 404 g/mol. The average molecular weight is 405 g/mol. The Hall–Kier alpha value is -0.900. The highest BCUT2D eigenvalue weighted by Crippen LogP contribution is 2.68. The second-order valence-electron chi connectivity index (χ2n) is 11.5. The van der Waals surface area contributed by atoms with E-state index in [2.05, 4.69) is 27.7 Å². The first-order valence-corrected chi connectivity index (χ1v) is 12.0. The first-order chi connectivity index (χ1) is 13.6. The molecule has 0 amide bonds. The van der Waals surface area contributed by atoms with Gasteiger partial charge in [0.05, 0.1) is 6.10 Å². The molecule has 4 nitrogen and oxygen atoms in total. The summed E-state index contributed by atoms with van der Waals surface area (Å²) in [7, 11) is 0. The number of rotatable bonds is 4. The molecule has 0 aromatic heterocycles. The van der Waals surface area contributed by atoms with Crippen molar-refractivity contribution in [2.75, 3.05) is 0 Å². The number of aliphatic hydroxyl groups excluding tert-OH is 1. The number of carbonyl (C=O) groups excluding carboxylic acids is 1. The Kier molecular flexibility index (Phi) is 5.41. The third kappa shape index (κ3) is 3.11. The molecule has 4 heteroatoms. The molecule has 0 spiro atoms. The van der Waals surface area contributed by atoms with E-state index in [4.69, 9.17) is 0 Å². The van der Waals surface area contributed by atoms with Crippen molar-refractivity contribution >= 4 is 11.8 Å². The summed E-state index contributed by atoms with van der Waals surface area (Å²) < 4.78 is 0. The molecule has 0 aromatic rings. The molecule has 0 radical (unpaired) electrons. The molecule has 4 aliphatic rings. The minimum atomic E-state index is -0.700. The van der Waals surface area contributed by atoms with Crippen LogP contribution in [0.1, 0.15) is 85.5 Å². The average Bonchev–Trinajstić information content (AvgIpc) is 2.99. The molecule has 10 atom stereocenters. The zero-order chi connectivity index (χ0) is 21.1. The van der Waals surface area contributed by atoms with Crippen molar-refractivity contribution in [1.29, 1.82) is 0 Å². The van der Waals surface area contributed by atoms with Gasteiger partial charge in [-0.25, -0.2) is 0 Å². The molecule has 2 unspecified atom stereocenters. The van der Waals surface area contributed by atoms with Crippen LogP contribution >= 0.6 is 0 Å². The van der Waals surface area contributed by atoms with Crippen molar-refractivity contribution in [2.24, 2.45) is 52.3 Å². The summed E-state index contributed by atoms with van der Waals surface area (Å²) in [5.41, 5.74) is 0.267. The normalized spacial score (nSPS) is 50.4. The molecule has 0 bridgehead atoms. The Morgan fingerprint density at radius 1 is 1.17 bits per heavy atom. The largest absolute Gasteiger partial charge is 0.481 e. The first-order valence-electron chi connectivity index (χ1n) is 12.0. The van der Waals surface area contributed by atoms with Crippen molar-refractivity contribution in [1.82, 2.24) is 0 Å². The molecule has 4 fully saturated rings. The fraction of sp³-hybridized carbons (Fsp3) is 0.920. The highest BCUT2D eigenvalue weighted by atomic mass is 16.4. The van der Waals surface area contributed by atoms with Crippen LogP contribution < -0.4 is 0 Å². The Balaban J connectivity index is 1.65. The zero-order valence-corrected chi connectivity index (χ0v) is 18.7. The lowest BCUT2D eigenvalue weighted by Crippen LogP contribution is -2.60. The minimum Gasteiger partial charge on any atom is -0.481 e. The van der Waals surface area contributed by atoms with E-state index in [1.807, 2.05) is 0 Å². The van der Waals surface area contributed by atoms with Crippen LogP contribution in [-0.2, 0) is 9.59 Å². The van der Waals surface area contributed by atoms with E-state index in [9.17, 15) is 19.8 Å². The summed E-state index contributed by atoms with van der Waals surface area (Å²) in [6.07, 6.45) is 7.79. The maximum Gasteiger partial charge on any atom is 0.303 e. The number of Topliss-reactive ketones (excluding diaryl/α,β-unsaturated/α-hetero) is 1. The predicted molar refractivity (Wildman–Crippen MR) is 112 cm³/mol. The summed E-state index contributed by atoms with van der Waals surface area (Å²) in [6.45, 7) is 9.17. The lowest BCUT2D eigenvalue weighted by Gasteiger charge is -2.62. The van der Waals surface area contributed by atoms with E-state index in [1.54, 1.807) is 0 Å². The quantitative estimate of drug-likeness (QED) is 0.696. The Labute approximate surface area is 175 Å². The third-order valence-corrected chi connectivity index (χ3v) is 10.5. The van der Waals surface area contributed by atoms with Crippen LogP contribution in [0.3, 0.4) is 0 Å². The van der Waals surface area contributed by atoms with Crippen LogP contribution in [0.5, 0.6) is 0 Å². The fourth-order valence-corrected chi connectivity index (χ4v) is 9.17. The summed E-state index contributed by atoms with van der Waals surface area (Å²) in [5.74, 6) is 2.18. The van der Waals surface area contributed by atoms with Crippen LogP contribution in [0.4, 0.5) is 0 Å². The highest BCUT2D eigenvalue weighted by Gasteiger charge is 2.64. The smallest absolute Gasteiger partial charge is 0.303 e. The second kappa shape index (κ2) is 7.35. The standard InChI is InChI=1S/C25H40O4/c1-5-15-11-17(26)12-16-13-21(27)23-19-7-6-18(14(2)10-22(28)29)24(19,3)9-8-20(23)25(15,16)4/h14-20,23,26H,5-13H2,1-4H3,(H,28,29)/t14-,15?,16?,17-,18-,19+,20+,23+,24-,25+/m1/s1. The number of carbonyl (C=O) groups is 2. The van der Waals surface area contributed by atoms with Crippen molar-refractivity contribution < 1.29 is 19.8 Å². The molecule has 4 rings (SSSR count). The summed E-state index contributed by atoms with van der Waals surface area (Å²) in [6, 6.07) is 0. The number of aliphatic carboxylic acids is 1. The number of ketones is 1. The number of fused-ring (bicyclic) bond motifs is 5. The first kappa shape index (κ1) is 21.3. The molecule has 0 heterocycles. The maximum atomic E-state index is 13.5. The molecule has 164 valence electrons. The molecule has 2 N–H and O–H groups in total. The van der Waals surface area contributed by atoms with Gasteiger partial charge in [-0.3, -0.25) is 9.59 Å². The molecular formula is C25H40O4. The van der Waals surface area contributed by atoms with Crippen LogP contribution in [0, 0.1) is 52.3 Å². The van der Waals surface area contributed by atoms with Gasteiger partial charge in [0.15, 0.2) is 0 Å². The van der Waals surface area contributed by atoms with Crippen molar-refractivity contribution in [3.05, 3.63) is 0 Å². The van der Waals surface area contributed by atoms with Crippen LogP contribution in [0.15, 0.2) is 0 Å². The van der Waals surface area contributed by atoms with Crippen molar-refractivity contribution in [3.8, 4) is 0 Å². The minimum absolute atomic E-state index is 0.102. The number of hydrogen-bond acceptors (Lipinski definition) is 3. The number of aliphatic hydroxyl groups is 1. The SMILES string of the molecule is CCC1C[C@@H](O)CC2CC(=O)[C@@H]3[C@H](CC[C@]4(C)[C@@H]([C@H](C)CC(=O)O)CC[C@@H]34)[C@@]12C. The van der Waals surface area contributed by atoms with Crippen molar-refractivity contribution in [3.63, 3.8) is 0 Å². The summed E-state index contributed by atoms with van der Waals surface area (Å²) in [4.78, 5) is 24.8. The lowest BCUT2D eigenvalue weighted by atomic mass is 9.41. The number of hydrogen-bond donors (Lipinski definition) is 2. The summed E-state index contributed by atoms with van der Waals surface area (Å²) in [5, 5.41) is 19.8. The van der Waals surface area contributed by atoms with Crippen molar-refractivity contribution in [2.45, 2.75) is 91.6 Å². The van der Waals surface area contributed by atoms with E-state index in [0.717, 1.165) is 44.9 Å². The van der Waals surface area contributed by atoms with E-state index in [1.165, 1.54) is 0 Å². The topological polar surface area (TPSA) is 74.6 Å². The van der Waals surface area contributed by atoms with Gasteiger partial charge >= 0.3 is 5.97 Å². The van der Waals surface area contributed by atoms with Gasteiger partial charge in [-0.2, -0.15) is 0 Å². The second-order valence-corrected chi connectivity index (χ2v) is 11.5. The molecule has 0 aliphatic heterocycles. The van der Waals surface area contributed by atoms with E-state index in [-0.39, 0.29) is 35.2 Å². The Morgan fingerprint density at radius 2 is 1.90 bits per heavy atom. The number of carboxylic acids is 1. The number of carboxylic acid groups (broad SMARTS) is 1. The van der Waals surface area contributed by atoms with Gasteiger partial charge in [-0.1, -0.05) is 34.1 Å². The lowest BCUT2D eigenvalue weighted by molar-refractivity contribution is -0.173. The molecule has 0 saturated heterocycles. The molecule has 4 aliphatic carbocycles. The van der Waals surface area contributed by atoms with Gasteiger partial charge < -0.3 is 10.2 Å². The van der Waals surface area contributed by atoms with Crippen LogP contribution in [0.2, 0.25) is 0 Å². The maximum absolute atomic E-state index is 13.5. The van der Waals surface area contributed by atoms with Crippen LogP contribution in [0.25, 0.3) is 0 Å². The van der Waals surface area contributed by atoms with E-state index >= 15 is 0 Å². The highest BCUT2D eigenvalue weighted by molar-refractivity contribution is 5.83. The molecule has 4 saturated carbocycles. The Morgan fingerprint density at radius 3 is 2.55 bits per heavy atom.